The lowest BCUT2D eigenvalue weighted by Crippen LogP contribution is -2.62. The van der Waals surface area contributed by atoms with Gasteiger partial charge in [-0.1, -0.05) is 17.7 Å². The molecule has 6 aliphatic heterocycles. The third kappa shape index (κ3) is 6.89. The summed E-state index contributed by atoms with van der Waals surface area (Å²) in [5.41, 5.74) is 4.40. The smallest absolute Gasteiger partial charge is 0.262 e. The number of carbonyl (C=O) groups excluding carboxylic acids is 4. The quantitative estimate of drug-likeness (QED) is 0.266. The number of hydrogen-bond donors (Lipinski definition) is 1. The Hall–Kier alpha value is -5.10. The van der Waals surface area contributed by atoms with Crippen molar-refractivity contribution in [3.8, 4) is 0 Å². The van der Waals surface area contributed by atoms with E-state index in [2.05, 4.69) is 48.8 Å². The number of imide groups is 2. The Bertz CT molecular complexity index is 2170. The van der Waals surface area contributed by atoms with Gasteiger partial charge >= 0.3 is 0 Å². The summed E-state index contributed by atoms with van der Waals surface area (Å²) in [7, 11) is 0. The number of aromatic nitrogens is 1. The first-order valence-corrected chi connectivity index (χ1v) is 20.3. The Morgan fingerprint density at radius 1 is 0.930 bits per heavy atom. The number of pyridine rings is 1. The molecule has 4 amide bonds. The van der Waals surface area contributed by atoms with Gasteiger partial charge in [-0.2, -0.15) is 0 Å². The van der Waals surface area contributed by atoms with Crippen LogP contribution >= 0.6 is 11.6 Å². The Morgan fingerprint density at radius 2 is 1.65 bits per heavy atom. The van der Waals surface area contributed by atoms with Crippen LogP contribution in [0.4, 0.5) is 27.1 Å². The molecule has 0 aliphatic carbocycles. The minimum atomic E-state index is -1.09. The molecule has 2 atom stereocenters. The van der Waals surface area contributed by atoms with Crippen molar-refractivity contribution in [3.05, 3.63) is 87.7 Å². The van der Waals surface area contributed by atoms with Crippen LogP contribution < -0.4 is 20.0 Å². The first-order chi connectivity index (χ1) is 27.5. The molecule has 57 heavy (non-hydrogen) atoms. The van der Waals surface area contributed by atoms with Crippen molar-refractivity contribution >= 4 is 58.0 Å². The fraction of sp³-hybridized carbons (Fsp3) is 0.476. The van der Waals surface area contributed by atoms with E-state index in [1.54, 1.807) is 0 Å². The molecule has 6 aliphatic rings. The molecule has 1 unspecified atom stereocenters. The van der Waals surface area contributed by atoms with E-state index in [0.717, 1.165) is 94.0 Å². The van der Waals surface area contributed by atoms with Crippen molar-refractivity contribution in [1.82, 2.24) is 25.0 Å². The average Bonchev–Trinajstić information content (AvgIpc) is 3.63. The topological polar surface area (TPSA) is 117 Å². The summed E-state index contributed by atoms with van der Waals surface area (Å²) in [5.74, 6) is -3.06. The molecule has 13 nitrogen and oxygen atoms in total. The van der Waals surface area contributed by atoms with Crippen molar-refractivity contribution in [2.75, 3.05) is 73.6 Å². The predicted octanol–water partition coefficient (Wildman–Crippen LogP) is 4.72. The zero-order valence-corrected chi connectivity index (χ0v) is 32.7. The molecule has 15 heteroatoms. The minimum Gasteiger partial charge on any atom is -0.370 e. The number of piperazine rings is 1. The molecule has 1 spiro atoms. The van der Waals surface area contributed by atoms with E-state index in [1.165, 1.54) is 11.8 Å². The number of nitrogens with zero attached hydrogens (tertiary/aromatic N) is 8. The summed E-state index contributed by atoms with van der Waals surface area (Å²) >= 11 is 6.38. The number of carbonyl (C=O) groups is 4. The number of anilines is 3. The Morgan fingerprint density at radius 3 is 2.32 bits per heavy atom. The van der Waals surface area contributed by atoms with Crippen molar-refractivity contribution in [3.63, 3.8) is 0 Å². The van der Waals surface area contributed by atoms with Gasteiger partial charge in [-0.25, -0.2) is 9.24 Å². The van der Waals surface area contributed by atoms with Crippen LogP contribution in [0.1, 0.15) is 65.4 Å². The average molecular weight is 794 g/mol. The SMILES string of the molecule is [C-]#[N+]c1ccc(N2CC3(CCN(c4ccc(CN5CC(N6CCN(c7cc8c(cc7F)C(=O)N(C7CCC(=O)NC7=O)C8=O)CC6)C5)nc4)CC3)C[C@@H]2C)cc1Cl. The zero-order chi connectivity index (χ0) is 39.6. The van der Waals surface area contributed by atoms with Gasteiger partial charge in [0, 0.05) is 94.7 Å². The predicted molar refractivity (Wildman–Crippen MR) is 213 cm³/mol. The Kier molecular flexibility index (Phi) is 9.66. The standard InChI is InChI=1S/C42H45ClFN9O4/c1-26-20-42(25-52(26)28-5-6-35(45-2)33(43)17-28)9-11-49(12-10-42)29-4-3-27(46-21-29)22-48-23-30(24-48)50-13-15-51(16-14-50)37-19-32-31(18-34(37)44)40(56)53(41(32)57)36-7-8-38(54)47-39(36)55/h3-6,17-19,21,26,30,36H,7-16,20,22-25H2,1H3,(H,47,54,55)/t26-,36?/m0/s1. The van der Waals surface area contributed by atoms with Gasteiger partial charge in [-0.3, -0.25) is 44.2 Å². The summed E-state index contributed by atoms with van der Waals surface area (Å²) in [6.45, 7) is 17.9. The van der Waals surface area contributed by atoms with Gasteiger partial charge in [0.1, 0.15) is 11.9 Å². The lowest BCUT2D eigenvalue weighted by molar-refractivity contribution is -0.136. The van der Waals surface area contributed by atoms with Crippen LogP contribution in [-0.2, 0) is 16.1 Å². The summed E-state index contributed by atoms with van der Waals surface area (Å²) in [4.78, 5) is 71.3. The maximum Gasteiger partial charge on any atom is 0.262 e. The number of likely N-dealkylation sites (tertiary alicyclic amines) is 1. The van der Waals surface area contributed by atoms with E-state index in [0.29, 0.717) is 35.9 Å². The molecule has 0 bridgehead atoms. The molecule has 5 fully saturated rings. The molecule has 296 valence electrons. The largest absolute Gasteiger partial charge is 0.370 e. The minimum absolute atomic E-state index is 0.0259. The van der Waals surface area contributed by atoms with Gasteiger partial charge in [0.2, 0.25) is 17.5 Å². The number of piperidine rings is 2. The Balaban J connectivity index is 0.734. The van der Waals surface area contributed by atoms with Crippen LogP contribution in [0.5, 0.6) is 0 Å². The maximum atomic E-state index is 15.4. The van der Waals surface area contributed by atoms with Crippen LogP contribution in [0.15, 0.2) is 48.7 Å². The first kappa shape index (κ1) is 37.5. The molecule has 9 rings (SSSR count). The zero-order valence-electron chi connectivity index (χ0n) is 31.9. The highest BCUT2D eigenvalue weighted by molar-refractivity contribution is 6.33. The van der Waals surface area contributed by atoms with Crippen molar-refractivity contribution in [2.45, 2.75) is 63.7 Å². The van der Waals surface area contributed by atoms with Gasteiger partial charge in [-0.15, -0.1) is 0 Å². The number of benzene rings is 2. The molecule has 1 N–H and O–H groups in total. The third-order valence-corrected chi connectivity index (χ3v) is 13.5. The monoisotopic (exact) mass is 793 g/mol. The lowest BCUT2D eigenvalue weighted by atomic mass is 9.76. The molecule has 5 saturated heterocycles. The van der Waals surface area contributed by atoms with E-state index in [1.807, 2.05) is 29.3 Å². The second kappa shape index (κ2) is 14.7. The van der Waals surface area contributed by atoms with Crippen molar-refractivity contribution < 1.29 is 23.6 Å². The van der Waals surface area contributed by atoms with Gasteiger partial charge in [-0.05, 0) is 74.4 Å². The molecule has 1 aromatic heterocycles. The molecular formula is C42H45ClFN9O4. The summed E-state index contributed by atoms with van der Waals surface area (Å²) in [6, 6.07) is 12.4. The van der Waals surface area contributed by atoms with Gasteiger partial charge in [0.25, 0.3) is 11.8 Å². The number of nitrogens with one attached hydrogen (secondary N) is 1. The molecule has 3 aromatic rings. The van der Waals surface area contributed by atoms with E-state index < -0.39 is 35.5 Å². The Labute approximate surface area is 336 Å². The molecule has 7 heterocycles. The van der Waals surface area contributed by atoms with Crippen LogP contribution in [0.25, 0.3) is 4.85 Å². The van der Waals surface area contributed by atoms with E-state index in [-0.39, 0.29) is 35.1 Å². The first-order valence-electron chi connectivity index (χ1n) is 19.9. The molecule has 2 aromatic carbocycles. The van der Waals surface area contributed by atoms with Gasteiger partial charge in [0.15, 0.2) is 0 Å². The van der Waals surface area contributed by atoms with Crippen molar-refractivity contribution in [1.29, 1.82) is 0 Å². The van der Waals surface area contributed by atoms with Crippen LogP contribution in [0.3, 0.4) is 0 Å². The number of amides is 4. The molecule has 0 saturated carbocycles. The second-order valence-corrected chi connectivity index (χ2v) is 17.0. The highest BCUT2D eigenvalue weighted by Gasteiger charge is 2.46. The number of hydrogen-bond acceptors (Lipinski definition) is 10. The summed E-state index contributed by atoms with van der Waals surface area (Å²) in [6.07, 6.45) is 5.50. The third-order valence-electron chi connectivity index (χ3n) is 13.1. The highest BCUT2D eigenvalue weighted by atomic mass is 35.5. The van der Waals surface area contributed by atoms with Crippen LogP contribution in [0, 0.1) is 17.8 Å². The van der Waals surface area contributed by atoms with Gasteiger partial charge < -0.3 is 14.7 Å². The number of rotatable bonds is 7. The van der Waals surface area contributed by atoms with Crippen LogP contribution in [0.2, 0.25) is 5.02 Å². The van der Waals surface area contributed by atoms with Gasteiger partial charge in [0.05, 0.1) is 41.0 Å². The summed E-state index contributed by atoms with van der Waals surface area (Å²) < 4.78 is 15.4. The van der Waals surface area contributed by atoms with E-state index in [9.17, 15) is 19.2 Å². The fourth-order valence-corrected chi connectivity index (χ4v) is 10.1. The normalized spacial score (nSPS) is 24.2. The second-order valence-electron chi connectivity index (χ2n) is 16.6. The number of halogens is 2. The van der Waals surface area contributed by atoms with Crippen LogP contribution in [-0.4, -0.2) is 120 Å². The molecule has 0 radical (unpaired) electrons. The maximum absolute atomic E-state index is 15.4. The van der Waals surface area contributed by atoms with E-state index in [4.69, 9.17) is 23.2 Å². The summed E-state index contributed by atoms with van der Waals surface area (Å²) in [5, 5.41) is 2.70. The highest BCUT2D eigenvalue weighted by Crippen LogP contribution is 2.46. The fourth-order valence-electron chi connectivity index (χ4n) is 9.91. The lowest BCUT2D eigenvalue weighted by Gasteiger charge is -2.48. The van der Waals surface area contributed by atoms with Crippen molar-refractivity contribution in [2.24, 2.45) is 5.41 Å². The van der Waals surface area contributed by atoms with E-state index >= 15 is 4.39 Å². The molecular weight excluding hydrogens is 749 g/mol. The number of fused-ring (bicyclic) bond motifs is 1.